The normalized spacial score (nSPS) is 11.2. The molecular formula is C18H14BrClN4O3. The Kier molecular flexibility index (Phi) is 5.88. The van der Waals surface area contributed by atoms with E-state index >= 15 is 0 Å². The highest BCUT2D eigenvalue weighted by atomic mass is 79.9. The van der Waals surface area contributed by atoms with Gasteiger partial charge in [0.1, 0.15) is 0 Å². The topological polar surface area (TPSA) is 107 Å². The maximum Gasteiger partial charge on any atom is 0.266 e. The number of aromatic amines is 1. The molecule has 2 aromatic carbocycles. The number of carbonyl (C=O) groups excluding carboxylic acids is 2. The maximum absolute atomic E-state index is 11.9. The van der Waals surface area contributed by atoms with Crippen LogP contribution in [0.4, 0.5) is 5.69 Å². The van der Waals surface area contributed by atoms with E-state index in [1.165, 1.54) is 0 Å². The van der Waals surface area contributed by atoms with Crippen LogP contribution in [0.1, 0.15) is 16.8 Å². The summed E-state index contributed by atoms with van der Waals surface area (Å²) in [5, 5.41) is 21.0. The summed E-state index contributed by atoms with van der Waals surface area (Å²) in [4.78, 5) is 26.5. The quantitative estimate of drug-likeness (QED) is 0.491. The van der Waals surface area contributed by atoms with Gasteiger partial charge in [0.05, 0.1) is 5.52 Å². The highest BCUT2D eigenvalue weighted by molar-refractivity contribution is 9.10. The number of hydrogen-bond donors (Lipinski definition) is 3. The van der Waals surface area contributed by atoms with Crippen LogP contribution in [-0.4, -0.2) is 28.4 Å². The average Bonchev–Trinajstić information content (AvgIpc) is 2.96. The van der Waals surface area contributed by atoms with E-state index in [9.17, 15) is 14.7 Å². The molecule has 1 aromatic heterocycles. The number of hydrogen-bond acceptors (Lipinski definition) is 4. The molecule has 1 heterocycles. The van der Waals surface area contributed by atoms with E-state index < -0.39 is 5.91 Å². The van der Waals surface area contributed by atoms with Crippen LogP contribution in [0, 0.1) is 0 Å². The molecule has 0 atom stereocenters. The van der Waals surface area contributed by atoms with Gasteiger partial charge in [-0.3, -0.25) is 9.59 Å². The summed E-state index contributed by atoms with van der Waals surface area (Å²) in [5.74, 6) is -1.02. The van der Waals surface area contributed by atoms with Crippen molar-refractivity contribution in [1.29, 1.82) is 0 Å². The molecule has 0 aliphatic heterocycles. The van der Waals surface area contributed by atoms with Gasteiger partial charge in [-0.1, -0.05) is 29.8 Å². The van der Waals surface area contributed by atoms with Gasteiger partial charge in [-0.2, -0.15) is 0 Å². The number of nitrogens with zero attached hydrogens (tertiary/aromatic N) is 2. The van der Waals surface area contributed by atoms with Gasteiger partial charge in [-0.05, 0) is 40.2 Å². The van der Waals surface area contributed by atoms with Gasteiger partial charge in [-0.15, -0.1) is 10.2 Å². The average molecular weight is 450 g/mol. The molecule has 0 saturated carbocycles. The number of amides is 2. The Morgan fingerprint density at radius 2 is 1.96 bits per heavy atom. The Hall–Kier alpha value is -2.71. The first-order valence-corrected chi connectivity index (χ1v) is 9.10. The van der Waals surface area contributed by atoms with E-state index in [4.69, 9.17) is 11.6 Å². The second kappa shape index (κ2) is 8.32. The number of nitrogens with one attached hydrogen (secondary N) is 2. The van der Waals surface area contributed by atoms with Gasteiger partial charge in [0, 0.05) is 33.4 Å². The van der Waals surface area contributed by atoms with Crippen LogP contribution < -0.4 is 5.32 Å². The highest BCUT2D eigenvalue weighted by Crippen LogP contribution is 2.40. The molecule has 3 rings (SSSR count). The molecule has 3 aromatic rings. The minimum Gasteiger partial charge on any atom is -0.493 e. The molecule has 27 heavy (non-hydrogen) atoms. The third kappa shape index (κ3) is 4.53. The van der Waals surface area contributed by atoms with E-state index in [0.29, 0.717) is 26.0 Å². The summed E-state index contributed by atoms with van der Waals surface area (Å²) in [6, 6.07) is 12.0. The first-order valence-electron chi connectivity index (χ1n) is 7.93. The minimum absolute atomic E-state index is 0.0182. The summed E-state index contributed by atoms with van der Waals surface area (Å²) < 4.78 is 0.650. The van der Waals surface area contributed by atoms with Crippen LogP contribution in [0.3, 0.4) is 0 Å². The molecule has 0 saturated heterocycles. The zero-order valence-electron chi connectivity index (χ0n) is 13.9. The van der Waals surface area contributed by atoms with Crippen molar-refractivity contribution in [3.05, 3.63) is 57.5 Å². The largest absolute Gasteiger partial charge is 0.493 e. The number of halogens is 2. The predicted molar refractivity (Wildman–Crippen MR) is 106 cm³/mol. The fourth-order valence-corrected chi connectivity index (χ4v) is 3.33. The lowest BCUT2D eigenvalue weighted by molar-refractivity contribution is -0.118. The lowest BCUT2D eigenvalue weighted by atomic mass is 10.2. The Labute approximate surface area is 167 Å². The lowest BCUT2D eigenvalue weighted by Gasteiger charge is -2.02. The number of carbonyl (C=O) groups is 2. The van der Waals surface area contributed by atoms with Gasteiger partial charge in [0.15, 0.2) is 5.69 Å². The van der Waals surface area contributed by atoms with E-state index in [2.05, 4.69) is 36.5 Å². The number of fused-ring (bicyclic) bond motifs is 1. The molecule has 3 N–H and O–H groups in total. The van der Waals surface area contributed by atoms with Crippen molar-refractivity contribution >= 4 is 55.9 Å². The van der Waals surface area contributed by atoms with Gasteiger partial charge in [0.2, 0.25) is 5.88 Å². The fraction of sp³-hybridized carbons (Fsp3) is 0.111. The summed E-state index contributed by atoms with van der Waals surface area (Å²) in [7, 11) is 0. The lowest BCUT2D eigenvalue weighted by Crippen LogP contribution is -2.25. The number of aromatic nitrogens is 1. The van der Waals surface area contributed by atoms with Crippen molar-refractivity contribution < 1.29 is 14.7 Å². The second-order valence-electron chi connectivity index (χ2n) is 5.60. The Morgan fingerprint density at radius 3 is 2.70 bits per heavy atom. The summed E-state index contributed by atoms with van der Waals surface area (Å²) in [5.41, 5.74) is 1.22. The van der Waals surface area contributed by atoms with Crippen LogP contribution in [0.2, 0.25) is 5.02 Å². The smallest absolute Gasteiger partial charge is 0.266 e. The van der Waals surface area contributed by atoms with E-state index in [1.54, 1.807) is 36.4 Å². The fourth-order valence-electron chi connectivity index (χ4n) is 2.42. The van der Waals surface area contributed by atoms with Crippen molar-refractivity contribution in [2.75, 3.05) is 6.54 Å². The van der Waals surface area contributed by atoms with E-state index in [-0.39, 0.29) is 30.4 Å². The molecular weight excluding hydrogens is 436 g/mol. The first kappa shape index (κ1) is 19.1. The third-order valence-electron chi connectivity index (χ3n) is 3.70. The summed E-state index contributed by atoms with van der Waals surface area (Å²) >= 11 is 9.35. The number of aromatic hydroxyl groups is 1. The molecule has 2 amide bonds. The Balaban J connectivity index is 1.63. The molecule has 0 bridgehead atoms. The Bertz CT molecular complexity index is 1030. The number of H-pyrrole nitrogens is 1. The van der Waals surface area contributed by atoms with Crippen molar-refractivity contribution in [3.8, 4) is 5.88 Å². The second-order valence-corrected chi connectivity index (χ2v) is 6.89. The minimum atomic E-state index is -0.529. The Morgan fingerprint density at radius 1 is 1.22 bits per heavy atom. The summed E-state index contributed by atoms with van der Waals surface area (Å²) in [6.07, 6.45) is -0.0182. The SMILES string of the molecule is O=C(CCNC(=O)c1ccccc1)N=Nc1c(O)[nH]c2c(Br)cc(Cl)cc12. The van der Waals surface area contributed by atoms with Crippen molar-refractivity contribution in [1.82, 2.24) is 10.3 Å². The number of rotatable bonds is 5. The van der Waals surface area contributed by atoms with Gasteiger partial charge < -0.3 is 15.4 Å². The zero-order chi connectivity index (χ0) is 19.4. The monoisotopic (exact) mass is 448 g/mol. The molecule has 0 unspecified atom stereocenters. The zero-order valence-corrected chi connectivity index (χ0v) is 16.2. The van der Waals surface area contributed by atoms with Crippen LogP contribution in [0.25, 0.3) is 10.9 Å². The molecule has 0 radical (unpaired) electrons. The van der Waals surface area contributed by atoms with Crippen molar-refractivity contribution in [2.45, 2.75) is 6.42 Å². The van der Waals surface area contributed by atoms with Gasteiger partial charge in [0.25, 0.3) is 11.8 Å². The molecule has 0 aliphatic rings. The van der Waals surface area contributed by atoms with Crippen molar-refractivity contribution in [2.24, 2.45) is 10.2 Å². The van der Waals surface area contributed by atoms with E-state index in [0.717, 1.165) is 0 Å². The molecule has 0 spiro atoms. The number of azo groups is 1. The third-order valence-corrected chi connectivity index (χ3v) is 4.54. The molecule has 138 valence electrons. The maximum atomic E-state index is 11.9. The van der Waals surface area contributed by atoms with Crippen LogP contribution in [0.15, 0.2) is 57.2 Å². The first-order chi connectivity index (χ1) is 13.0. The van der Waals surface area contributed by atoms with E-state index in [1.807, 2.05) is 6.07 Å². The van der Waals surface area contributed by atoms with Crippen LogP contribution in [-0.2, 0) is 4.79 Å². The van der Waals surface area contributed by atoms with Crippen LogP contribution >= 0.6 is 27.5 Å². The number of benzene rings is 2. The molecule has 9 heteroatoms. The molecule has 0 aliphatic carbocycles. The molecule has 7 nitrogen and oxygen atoms in total. The van der Waals surface area contributed by atoms with Crippen molar-refractivity contribution in [3.63, 3.8) is 0 Å². The summed E-state index contributed by atoms with van der Waals surface area (Å²) in [6.45, 7) is 0.128. The highest BCUT2D eigenvalue weighted by Gasteiger charge is 2.14. The van der Waals surface area contributed by atoms with Gasteiger partial charge in [-0.25, -0.2) is 0 Å². The standard InChI is InChI=1S/C18H14BrClN4O3/c19-13-9-11(20)8-12-15(13)22-18(27)16(12)24-23-14(25)6-7-21-17(26)10-4-2-1-3-5-10/h1-5,8-9,22,27H,6-7H2,(H,21,26). The van der Waals surface area contributed by atoms with Gasteiger partial charge >= 0.3 is 0 Å². The van der Waals surface area contributed by atoms with Crippen LogP contribution in [0.5, 0.6) is 5.88 Å². The molecule has 0 fully saturated rings. The predicted octanol–water partition coefficient (Wildman–Crippen LogP) is 4.72.